The number of aromatic nitrogens is 3. The van der Waals surface area contributed by atoms with Crippen molar-refractivity contribution in [3.63, 3.8) is 0 Å². The fraction of sp³-hybridized carbons (Fsp3) is 0.185. The van der Waals surface area contributed by atoms with Gasteiger partial charge < -0.3 is 4.57 Å². The zero-order chi connectivity index (χ0) is 23.8. The maximum atomic E-state index is 9.09. The molecule has 0 saturated carbocycles. The topological polar surface area (TPSA) is 81.5 Å². The molecule has 0 bridgehead atoms. The Balaban J connectivity index is 1.50. The largest absolute Gasteiger partial charge is 0.312 e. The number of halogens is 1. The van der Waals surface area contributed by atoms with Crippen molar-refractivity contribution in [3.8, 4) is 12.1 Å². The Hall–Kier alpha value is -3.78. The van der Waals surface area contributed by atoms with Crippen molar-refractivity contribution in [3.05, 3.63) is 117 Å². The van der Waals surface area contributed by atoms with E-state index in [-0.39, 0.29) is 0 Å². The van der Waals surface area contributed by atoms with Gasteiger partial charge in [-0.25, -0.2) is 0 Å². The summed E-state index contributed by atoms with van der Waals surface area (Å²) in [5.41, 5.74) is 4.81. The quantitative estimate of drug-likeness (QED) is 0.313. The van der Waals surface area contributed by atoms with Crippen LogP contribution in [0.4, 0.5) is 0 Å². The Labute approximate surface area is 207 Å². The van der Waals surface area contributed by atoms with Crippen molar-refractivity contribution in [2.75, 3.05) is 6.54 Å². The van der Waals surface area contributed by atoms with Crippen LogP contribution in [0.1, 0.15) is 33.6 Å². The van der Waals surface area contributed by atoms with E-state index in [0.29, 0.717) is 24.2 Å². The molecule has 0 amide bonds. The van der Waals surface area contributed by atoms with E-state index in [2.05, 4.69) is 67.4 Å². The summed E-state index contributed by atoms with van der Waals surface area (Å²) in [7, 11) is 0. The van der Waals surface area contributed by atoms with Gasteiger partial charge in [0.2, 0.25) is 0 Å². The van der Waals surface area contributed by atoms with Gasteiger partial charge in [-0.2, -0.15) is 10.5 Å². The molecule has 0 saturated heterocycles. The van der Waals surface area contributed by atoms with Crippen LogP contribution in [0.5, 0.6) is 0 Å². The maximum Gasteiger partial charge on any atom is 0.147 e. The molecule has 0 radical (unpaired) electrons. The molecule has 7 heteroatoms. The SMILES string of the molecule is N#Cc1ccc(CN(CCc2ccc(Br)cc2)Cc2nncn2Cc2ccc(C#N)cc2)cc1. The van der Waals surface area contributed by atoms with Crippen LogP contribution in [0.2, 0.25) is 0 Å². The van der Waals surface area contributed by atoms with E-state index in [1.54, 1.807) is 6.33 Å². The van der Waals surface area contributed by atoms with Gasteiger partial charge in [0.25, 0.3) is 0 Å². The predicted molar refractivity (Wildman–Crippen MR) is 133 cm³/mol. The molecule has 1 aromatic heterocycles. The Bertz CT molecular complexity index is 1300. The highest BCUT2D eigenvalue weighted by Gasteiger charge is 2.13. The molecule has 0 aliphatic heterocycles. The van der Waals surface area contributed by atoms with Crippen molar-refractivity contribution < 1.29 is 0 Å². The van der Waals surface area contributed by atoms with E-state index in [0.717, 1.165) is 40.9 Å². The molecule has 0 atom stereocenters. The first-order valence-corrected chi connectivity index (χ1v) is 11.7. The van der Waals surface area contributed by atoms with E-state index in [9.17, 15) is 0 Å². The molecule has 34 heavy (non-hydrogen) atoms. The number of rotatable bonds is 9. The van der Waals surface area contributed by atoms with Gasteiger partial charge in [-0.3, -0.25) is 4.90 Å². The lowest BCUT2D eigenvalue weighted by molar-refractivity contribution is 0.250. The molecule has 4 aromatic rings. The third-order valence-electron chi connectivity index (χ3n) is 5.62. The molecule has 1 heterocycles. The molecule has 168 valence electrons. The van der Waals surface area contributed by atoms with Gasteiger partial charge >= 0.3 is 0 Å². The normalized spacial score (nSPS) is 10.7. The molecule has 0 aliphatic rings. The minimum atomic E-state index is 0.644. The summed E-state index contributed by atoms with van der Waals surface area (Å²) < 4.78 is 3.12. The van der Waals surface area contributed by atoms with Crippen LogP contribution in [-0.2, 0) is 26.1 Å². The monoisotopic (exact) mass is 510 g/mol. The summed E-state index contributed by atoms with van der Waals surface area (Å²) in [6.07, 6.45) is 2.66. The fourth-order valence-corrected chi connectivity index (χ4v) is 3.97. The molecule has 4 rings (SSSR count). The third-order valence-corrected chi connectivity index (χ3v) is 6.14. The minimum absolute atomic E-state index is 0.644. The standard InChI is InChI=1S/C27H23BrN6/c28-26-11-9-21(10-12-26)13-14-33(17-24-5-1-22(15-29)2-6-24)19-27-32-31-20-34(27)18-25-7-3-23(16-30)4-8-25/h1-12,20H,13-14,17-19H2. The van der Waals surface area contributed by atoms with Gasteiger partial charge in [0.1, 0.15) is 12.2 Å². The maximum absolute atomic E-state index is 9.09. The smallest absolute Gasteiger partial charge is 0.147 e. The second-order valence-electron chi connectivity index (χ2n) is 8.08. The third kappa shape index (κ3) is 6.39. The second kappa shape index (κ2) is 11.4. The number of nitrogens with zero attached hydrogens (tertiary/aromatic N) is 6. The van der Waals surface area contributed by atoms with Crippen molar-refractivity contribution in [1.29, 1.82) is 10.5 Å². The Morgan fingerprint density at radius 1 is 0.765 bits per heavy atom. The zero-order valence-corrected chi connectivity index (χ0v) is 20.2. The van der Waals surface area contributed by atoms with Gasteiger partial charge in [-0.05, 0) is 59.5 Å². The van der Waals surface area contributed by atoms with Gasteiger partial charge in [0.15, 0.2) is 0 Å². The molecule has 6 nitrogen and oxygen atoms in total. The van der Waals surface area contributed by atoms with Gasteiger partial charge in [-0.15, -0.1) is 10.2 Å². The molecular formula is C27H23BrN6. The number of hydrogen-bond acceptors (Lipinski definition) is 5. The lowest BCUT2D eigenvalue weighted by atomic mass is 10.1. The second-order valence-corrected chi connectivity index (χ2v) is 9.00. The first-order valence-electron chi connectivity index (χ1n) is 10.9. The lowest BCUT2D eigenvalue weighted by Crippen LogP contribution is -2.27. The van der Waals surface area contributed by atoms with Crippen molar-refractivity contribution >= 4 is 15.9 Å². The summed E-state index contributed by atoms with van der Waals surface area (Å²) >= 11 is 3.50. The van der Waals surface area contributed by atoms with Crippen LogP contribution in [0.15, 0.2) is 83.6 Å². The molecule has 0 spiro atoms. The highest BCUT2D eigenvalue weighted by Crippen LogP contribution is 2.15. The molecular weight excluding hydrogens is 488 g/mol. The van der Waals surface area contributed by atoms with Crippen LogP contribution in [0, 0.1) is 22.7 Å². The van der Waals surface area contributed by atoms with Crippen LogP contribution in [0.3, 0.4) is 0 Å². The number of nitriles is 2. The van der Waals surface area contributed by atoms with E-state index in [4.69, 9.17) is 10.5 Å². The predicted octanol–water partition coefficient (Wildman–Crippen LogP) is 5.08. The van der Waals surface area contributed by atoms with E-state index >= 15 is 0 Å². The number of benzene rings is 3. The molecule has 3 aromatic carbocycles. The van der Waals surface area contributed by atoms with Crippen LogP contribution in [-0.4, -0.2) is 26.2 Å². The van der Waals surface area contributed by atoms with Gasteiger partial charge in [0.05, 0.1) is 36.4 Å². The van der Waals surface area contributed by atoms with E-state index in [1.807, 2.05) is 53.1 Å². The summed E-state index contributed by atoms with van der Waals surface area (Å²) in [6.45, 7) is 2.88. The summed E-state index contributed by atoms with van der Waals surface area (Å²) in [6, 6.07) is 28.0. The highest BCUT2D eigenvalue weighted by molar-refractivity contribution is 9.10. The van der Waals surface area contributed by atoms with Crippen LogP contribution < -0.4 is 0 Å². The number of hydrogen-bond donors (Lipinski definition) is 0. The summed E-state index contributed by atoms with van der Waals surface area (Å²) in [4.78, 5) is 2.35. The van der Waals surface area contributed by atoms with Gasteiger partial charge in [-0.1, -0.05) is 52.3 Å². The highest BCUT2D eigenvalue weighted by atomic mass is 79.9. The summed E-state index contributed by atoms with van der Waals surface area (Å²) in [5.74, 6) is 0.883. The first-order chi connectivity index (χ1) is 16.6. The molecule has 0 unspecified atom stereocenters. The van der Waals surface area contributed by atoms with Gasteiger partial charge in [0, 0.05) is 17.6 Å². The van der Waals surface area contributed by atoms with E-state index < -0.39 is 0 Å². The van der Waals surface area contributed by atoms with Crippen LogP contribution >= 0.6 is 15.9 Å². The van der Waals surface area contributed by atoms with Crippen molar-refractivity contribution in [2.24, 2.45) is 0 Å². The lowest BCUT2D eigenvalue weighted by Gasteiger charge is -2.22. The average molecular weight is 511 g/mol. The molecule has 0 aliphatic carbocycles. The Morgan fingerprint density at radius 2 is 1.35 bits per heavy atom. The van der Waals surface area contributed by atoms with Crippen molar-refractivity contribution in [1.82, 2.24) is 19.7 Å². The molecule has 0 fully saturated rings. The first kappa shape index (κ1) is 23.4. The average Bonchev–Trinajstić information content (AvgIpc) is 3.30. The van der Waals surface area contributed by atoms with E-state index in [1.165, 1.54) is 5.56 Å². The van der Waals surface area contributed by atoms with Crippen LogP contribution in [0.25, 0.3) is 0 Å². The molecule has 0 N–H and O–H groups in total. The summed E-state index contributed by atoms with van der Waals surface area (Å²) in [5, 5.41) is 26.7. The Morgan fingerprint density at radius 3 is 1.97 bits per heavy atom. The van der Waals surface area contributed by atoms with Crippen molar-refractivity contribution in [2.45, 2.75) is 26.1 Å². The zero-order valence-electron chi connectivity index (χ0n) is 18.6. The minimum Gasteiger partial charge on any atom is -0.312 e. The fourth-order valence-electron chi connectivity index (χ4n) is 3.71. The Kier molecular flexibility index (Phi) is 7.83.